The van der Waals surface area contributed by atoms with E-state index in [0.717, 1.165) is 32.5 Å². The minimum atomic E-state index is -0.112. The summed E-state index contributed by atoms with van der Waals surface area (Å²) in [7, 11) is 0. The van der Waals surface area contributed by atoms with Crippen LogP contribution in [0.4, 0.5) is 0 Å². The third-order valence-corrected chi connectivity index (χ3v) is 2.70. The predicted octanol–water partition coefficient (Wildman–Crippen LogP) is 0.220. The second-order valence-corrected chi connectivity index (χ2v) is 3.76. The first kappa shape index (κ1) is 11.5. The van der Waals surface area contributed by atoms with Gasteiger partial charge in [0.25, 0.3) is 0 Å². The summed E-state index contributed by atoms with van der Waals surface area (Å²) in [6.45, 7) is 5.45. The van der Waals surface area contributed by atoms with Crippen molar-refractivity contribution in [1.82, 2.24) is 4.90 Å². The SMILES string of the molecule is CCOC(=O)CN1CCC(CN)CC1. The quantitative estimate of drug-likeness (QED) is 0.660. The van der Waals surface area contributed by atoms with Gasteiger partial charge in [0, 0.05) is 0 Å². The molecule has 0 spiro atoms. The van der Waals surface area contributed by atoms with E-state index in [1.54, 1.807) is 0 Å². The van der Waals surface area contributed by atoms with E-state index in [0.29, 0.717) is 19.1 Å². The Morgan fingerprint density at radius 2 is 2.14 bits per heavy atom. The van der Waals surface area contributed by atoms with Crippen LogP contribution in [-0.2, 0) is 9.53 Å². The summed E-state index contributed by atoms with van der Waals surface area (Å²) in [6.07, 6.45) is 2.21. The van der Waals surface area contributed by atoms with E-state index in [-0.39, 0.29) is 5.97 Å². The van der Waals surface area contributed by atoms with Gasteiger partial charge >= 0.3 is 5.97 Å². The number of piperidine rings is 1. The van der Waals surface area contributed by atoms with Crippen LogP contribution in [0.15, 0.2) is 0 Å². The molecule has 14 heavy (non-hydrogen) atoms. The standard InChI is InChI=1S/C10H20N2O2/c1-2-14-10(13)8-12-5-3-9(7-11)4-6-12/h9H,2-8,11H2,1H3. The summed E-state index contributed by atoms with van der Waals surface area (Å²) in [4.78, 5) is 13.3. The molecule has 4 nitrogen and oxygen atoms in total. The van der Waals surface area contributed by atoms with Gasteiger partial charge in [0.1, 0.15) is 0 Å². The van der Waals surface area contributed by atoms with Crippen LogP contribution in [0, 0.1) is 5.92 Å². The second-order valence-electron chi connectivity index (χ2n) is 3.76. The third kappa shape index (κ3) is 3.64. The van der Waals surface area contributed by atoms with Gasteiger partial charge < -0.3 is 10.5 Å². The fourth-order valence-corrected chi connectivity index (χ4v) is 1.77. The van der Waals surface area contributed by atoms with Crippen LogP contribution in [0.25, 0.3) is 0 Å². The highest BCUT2D eigenvalue weighted by Crippen LogP contribution is 2.15. The summed E-state index contributed by atoms with van der Waals surface area (Å²) in [5.41, 5.74) is 5.59. The first-order chi connectivity index (χ1) is 6.76. The summed E-state index contributed by atoms with van der Waals surface area (Å²) in [5, 5.41) is 0. The Kier molecular flexibility index (Phi) is 4.90. The van der Waals surface area contributed by atoms with E-state index in [9.17, 15) is 4.79 Å². The molecule has 0 bridgehead atoms. The van der Waals surface area contributed by atoms with Gasteiger partial charge in [-0.15, -0.1) is 0 Å². The topological polar surface area (TPSA) is 55.6 Å². The number of carbonyl (C=O) groups is 1. The smallest absolute Gasteiger partial charge is 0.320 e. The minimum Gasteiger partial charge on any atom is -0.465 e. The Bertz CT molecular complexity index is 177. The molecule has 4 heteroatoms. The highest BCUT2D eigenvalue weighted by atomic mass is 16.5. The highest BCUT2D eigenvalue weighted by Gasteiger charge is 2.19. The average molecular weight is 200 g/mol. The maximum absolute atomic E-state index is 11.2. The Balaban J connectivity index is 2.18. The van der Waals surface area contributed by atoms with Crippen LogP contribution in [0.5, 0.6) is 0 Å². The van der Waals surface area contributed by atoms with Crippen LogP contribution in [0.3, 0.4) is 0 Å². The van der Waals surface area contributed by atoms with Gasteiger partial charge in [0.05, 0.1) is 13.2 Å². The fraction of sp³-hybridized carbons (Fsp3) is 0.900. The second kappa shape index (κ2) is 5.98. The lowest BCUT2D eigenvalue weighted by molar-refractivity contribution is -0.144. The van der Waals surface area contributed by atoms with Gasteiger partial charge in [-0.2, -0.15) is 0 Å². The Morgan fingerprint density at radius 1 is 1.50 bits per heavy atom. The van der Waals surface area contributed by atoms with E-state index in [1.807, 2.05) is 6.92 Å². The predicted molar refractivity (Wildman–Crippen MR) is 54.9 cm³/mol. The largest absolute Gasteiger partial charge is 0.465 e. The molecule has 1 saturated heterocycles. The molecule has 1 heterocycles. The number of rotatable bonds is 4. The van der Waals surface area contributed by atoms with Crippen molar-refractivity contribution in [1.29, 1.82) is 0 Å². The molecule has 1 aliphatic rings. The lowest BCUT2D eigenvalue weighted by atomic mass is 9.97. The maximum atomic E-state index is 11.2. The van der Waals surface area contributed by atoms with E-state index >= 15 is 0 Å². The Hall–Kier alpha value is -0.610. The van der Waals surface area contributed by atoms with Crippen LogP contribution < -0.4 is 5.73 Å². The Labute approximate surface area is 85.4 Å². The van der Waals surface area contributed by atoms with Crippen molar-refractivity contribution < 1.29 is 9.53 Å². The average Bonchev–Trinajstić information content (AvgIpc) is 2.19. The number of hydrogen-bond donors (Lipinski definition) is 1. The molecule has 0 aliphatic carbocycles. The molecule has 0 saturated carbocycles. The van der Waals surface area contributed by atoms with Crippen molar-refractivity contribution in [2.45, 2.75) is 19.8 Å². The maximum Gasteiger partial charge on any atom is 0.320 e. The summed E-state index contributed by atoms with van der Waals surface area (Å²) >= 11 is 0. The van der Waals surface area contributed by atoms with Gasteiger partial charge in [-0.05, 0) is 45.3 Å². The van der Waals surface area contributed by atoms with Gasteiger partial charge in [-0.3, -0.25) is 9.69 Å². The molecule has 1 rings (SSSR count). The van der Waals surface area contributed by atoms with Crippen molar-refractivity contribution in [2.24, 2.45) is 11.7 Å². The van der Waals surface area contributed by atoms with Crippen LogP contribution in [0.2, 0.25) is 0 Å². The first-order valence-electron chi connectivity index (χ1n) is 5.34. The molecule has 0 amide bonds. The number of esters is 1. The highest BCUT2D eigenvalue weighted by molar-refractivity contribution is 5.71. The molecule has 0 aromatic heterocycles. The van der Waals surface area contributed by atoms with E-state index in [2.05, 4.69) is 4.90 Å². The number of nitrogens with two attached hydrogens (primary N) is 1. The zero-order valence-corrected chi connectivity index (χ0v) is 8.87. The molecule has 0 unspecified atom stereocenters. The summed E-state index contributed by atoms with van der Waals surface area (Å²) in [5.74, 6) is 0.534. The van der Waals surface area contributed by atoms with Gasteiger partial charge in [-0.25, -0.2) is 0 Å². The van der Waals surface area contributed by atoms with Crippen LogP contribution in [0.1, 0.15) is 19.8 Å². The molecule has 2 N–H and O–H groups in total. The van der Waals surface area contributed by atoms with Gasteiger partial charge in [-0.1, -0.05) is 0 Å². The lowest BCUT2D eigenvalue weighted by Gasteiger charge is -2.30. The lowest BCUT2D eigenvalue weighted by Crippen LogP contribution is -2.39. The minimum absolute atomic E-state index is 0.112. The zero-order chi connectivity index (χ0) is 10.4. The zero-order valence-electron chi connectivity index (χ0n) is 8.87. The number of carbonyl (C=O) groups excluding carboxylic acids is 1. The summed E-state index contributed by atoms with van der Waals surface area (Å²) < 4.78 is 4.89. The normalized spacial score (nSPS) is 19.6. The van der Waals surface area contributed by atoms with E-state index in [1.165, 1.54) is 0 Å². The fourth-order valence-electron chi connectivity index (χ4n) is 1.77. The van der Waals surface area contributed by atoms with Crippen molar-refractivity contribution in [3.63, 3.8) is 0 Å². The van der Waals surface area contributed by atoms with E-state index in [4.69, 9.17) is 10.5 Å². The molecular formula is C10H20N2O2. The molecule has 1 fully saturated rings. The Morgan fingerprint density at radius 3 is 2.64 bits per heavy atom. The molecule has 0 atom stereocenters. The molecule has 82 valence electrons. The van der Waals surface area contributed by atoms with Crippen molar-refractivity contribution in [3.05, 3.63) is 0 Å². The van der Waals surface area contributed by atoms with Crippen LogP contribution in [-0.4, -0.2) is 43.7 Å². The summed E-state index contributed by atoms with van der Waals surface area (Å²) in [6, 6.07) is 0. The number of likely N-dealkylation sites (tertiary alicyclic amines) is 1. The van der Waals surface area contributed by atoms with Gasteiger partial charge in [0.15, 0.2) is 0 Å². The van der Waals surface area contributed by atoms with E-state index < -0.39 is 0 Å². The third-order valence-electron chi connectivity index (χ3n) is 2.70. The molecule has 0 radical (unpaired) electrons. The number of hydrogen-bond acceptors (Lipinski definition) is 4. The monoisotopic (exact) mass is 200 g/mol. The van der Waals surface area contributed by atoms with Crippen molar-refractivity contribution in [3.8, 4) is 0 Å². The van der Waals surface area contributed by atoms with Gasteiger partial charge in [0.2, 0.25) is 0 Å². The number of nitrogens with zero attached hydrogens (tertiary/aromatic N) is 1. The molecule has 0 aromatic rings. The molecular weight excluding hydrogens is 180 g/mol. The van der Waals surface area contributed by atoms with Crippen molar-refractivity contribution >= 4 is 5.97 Å². The van der Waals surface area contributed by atoms with Crippen LogP contribution >= 0.6 is 0 Å². The first-order valence-corrected chi connectivity index (χ1v) is 5.34. The molecule has 1 aliphatic heterocycles. The van der Waals surface area contributed by atoms with Crippen molar-refractivity contribution in [2.75, 3.05) is 32.8 Å². The molecule has 0 aromatic carbocycles. The number of ether oxygens (including phenoxy) is 1.